The number of methoxy groups -OCH3 is 1. The van der Waals surface area contributed by atoms with Crippen LogP contribution in [0.2, 0.25) is 0 Å². The summed E-state index contributed by atoms with van der Waals surface area (Å²) in [5, 5.41) is 5.33. The first kappa shape index (κ1) is 21.4. The molecular formula is C23H25N3O3S2. The molecule has 6 nitrogen and oxygen atoms in total. The van der Waals surface area contributed by atoms with Crippen LogP contribution in [0.15, 0.2) is 47.3 Å². The van der Waals surface area contributed by atoms with Gasteiger partial charge in [0.15, 0.2) is 4.90 Å². The fraction of sp³-hybridized carbons (Fsp3) is 0.261. The molecule has 1 aromatic carbocycles. The van der Waals surface area contributed by atoms with Crippen LogP contribution in [0.4, 0.5) is 11.4 Å². The second-order valence-electron chi connectivity index (χ2n) is 7.61. The summed E-state index contributed by atoms with van der Waals surface area (Å²) < 4.78 is 34.4. The Hall–Kier alpha value is -2.84. The van der Waals surface area contributed by atoms with Crippen molar-refractivity contribution in [2.75, 3.05) is 17.1 Å². The van der Waals surface area contributed by atoms with E-state index in [1.165, 1.54) is 30.0 Å². The zero-order valence-electron chi connectivity index (χ0n) is 17.8. The number of thiophene rings is 1. The molecule has 1 aliphatic rings. The van der Waals surface area contributed by atoms with Gasteiger partial charge < -0.3 is 10.1 Å². The van der Waals surface area contributed by atoms with Crippen molar-refractivity contribution in [1.29, 1.82) is 0 Å². The molecule has 2 heterocycles. The number of para-hydroxylation sites is 1. The molecule has 0 amide bonds. The van der Waals surface area contributed by atoms with Crippen LogP contribution in [-0.4, -0.2) is 20.5 Å². The van der Waals surface area contributed by atoms with Crippen molar-refractivity contribution in [3.05, 3.63) is 69.6 Å². The minimum absolute atomic E-state index is 0.0336. The fourth-order valence-corrected chi connectivity index (χ4v) is 6.35. The minimum atomic E-state index is -3.93. The van der Waals surface area contributed by atoms with Gasteiger partial charge in [-0.2, -0.15) is 0 Å². The number of hydrogen-bond donors (Lipinski definition) is 2. The molecule has 0 atom stereocenters. The quantitative estimate of drug-likeness (QED) is 0.516. The number of nitrogens with zero attached hydrogens (tertiary/aromatic N) is 1. The molecule has 0 aliphatic heterocycles. The number of ether oxygens (including phenoxy) is 1. The third-order valence-electron chi connectivity index (χ3n) is 5.45. The average Bonchev–Trinajstić information content (AvgIpc) is 3.34. The summed E-state index contributed by atoms with van der Waals surface area (Å²) in [6.45, 7) is 7.89. The largest absolute Gasteiger partial charge is 0.480 e. The summed E-state index contributed by atoms with van der Waals surface area (Å²) in [4.78, 5) is 5.59. The van der Waals surface area contributed by atoms with Crippen molar-refractivity contribution < 1.29 is 13.2 Å². The molecule has 162 valence electrons. The highest BCUT2D eigenvalue weighted by atomic mass is 32.2. The van der Waals surface area contributed by atoms with E-state index in [0.29, 0.717) is 11.4 Å². The number of aromatic nitrogens is 1. The van der Waals surface area contributed by atoms with Crippen LogP contribution in [0.5, 0.6) is 5.88 Å². The molecule has 2 aromatic heterocycles. The molecule has 0 saturated carbocycles. The first-order chi connectivity index (χ1) is 14.8. The van der Waals surface area contributed by atoms with Crippen molar-refractivity contribution in [2.45, 2.75) is 38.0 Å². The maximum Gasteiger partial charge on any atom is 0.267 e. The monoisotopic (exact) mass is 455 g/mol. The Balaban J connectivity index is 1.65. The zero-order valence-corrected chi connectivity index (χ0v) is 19.4. The van der Waals surface area contributed by atoms with Crippen molar-refractivity contribution in [3.8, 4) is 5.88 Å². The molecule has 0 spiro atoms. The smallest absolute Gasteiger partial charge is 0.267 e. The number of aryl methyl sites for hydroxylation is 3. The second-order valence-corrected chi connectivity index (χ2v) is 10.2. The standard InChI is InChI=1S/C23H25N3O3S2/c1-14-7-5-8-15(2)22(14)26-31(27,28)21-11-17(12-24-23(21)29-4)25-16(3)19-13-30-20-10-6-9-18(19)20/h5,7-8,11-13,25-26H,3,6,9-10H2,1-2,4H3. The van der Waals surface area contributed by atoms with Crippen LogP contribution in [0.3, 0.4) is 0 Å². The third kappa shape index (κ3) is 4.18. The van der Waals surface area contributed by atoms with Crippen LogP contribution in [-0.2, 0) is 22.9 Å². The van der Waals surface area contributed by atoms with Crippen molar-refractivity contribution in [3.63, 3.8) is 0 Å². The van der Waals surface area contributed by atoms with E-state index in [9.17, 15) is 8.42 Å². The van der Waals surface area contributed by atoms with E-state index in [2.05, 4.69) is 27.0 Å². The third-order valence-corrected chi connectivity index (χ3v) is 7.88. The summed E-state index contributed by atoms with van der Waals surface area (Å²) in [6, 6.07) is 7.14. The normalized spacial score (nSPS) is 13.0. The topological polar surface area (TPSA) is 80.3 Å². The molecular weight excluding hydrogens is 430 g/mol. The van der Waals surface area contributed by atoms with Crippen molar-refractivity contribution >= 4 is 38.4 Å². The minimum Gasteiger partial charge on any atom is -0.480 e. The molecule has 0 fully saturated rings. The average molecular weight is 456 g/mol. The van der Waals surface area contributed by atoms with Gasteiger partial charge in [0.1, 0.15) is 0 Å². The summed E-state index contributed by atoms with van der Waals surface area (Å²) >= 11 is 1.75. The number of rotatable bonds is 7. The lowest BCUT2D eigenvalue weighted by molar-refractivity contribution is 0.385. The van der Waals surface area contributed by atoms with Crippen molar-refractivity contribution in [1.82, 2.24) is 4.98 Å². The molecule has 2 N–H and O–H groups in total. The van der Waals surface area contributed by atoms with Crippen LogP contribution >= 0.6 is 11.3 Å². The molecule has 4 rings (SSSR count). The SMILES string of the molecule is C=C(Nc1cnc(OC)c(S(=O)(=O)Nc2c(C)cccc2C)c1)c1csc2c1CCC2. The first-order valence-corrected chi connectivity index (χ1v) is 12.3. The highest BCUT2D eigenvalue weighted by Gasteiger charge is 2.24. The molecule has 0 bridgehead atoms. The van der Waals surface area contributed by atoms with Gasteiger partial charge in [-0.05, 0) is 55.9 Å². The van der Waals surface area contributed by atoms with Crippen molar-refractivity contribution in [2.24, 2.45) is 0 Å². The second kappa shape index (κ2) is 8.36. The Labute approximate surface area is 187 Å². The molecule has 0 unspecified atom stereocenters. The fourth-order valence-electron chi connectivity index (χ4n) is 3.84. The lowest BCUT2D eigenvalue weighted by atomic mass is 10.1. The van der Waals surface area contributed by atoms with Crippen LogP contribution < -0.4 is 14.8 Å². The first-order valence-electron chi connectivity index (χ1n) is 9.98. The molecule has 3 aromatic rings. The number of fused-ring (bicyclic) bond motifs is 1. The highest BCUT2D eigenvalue weighted by Crippen LogP contribution is 2.35. The molecule has 0 saturated heterocycles. The Morgan fingerprint density at radius 3 is 2.68 bits per heavy atom. The van der Waals surface area contributed by atoms with Gasteiger partial charge in [0, 0.05) is 21.5 Å². The van der Waals surface area contributed by atoms with E-state index < -0.39 is 10.0 Å². The van der Waals surface area contributed by atoms with E-state index in [-0.39, 0.29) is 10.8 Å². The van der Waals surface area contributed by atoms with Gasteiger partial charge in [-0.15, -0.1) is 11.3 Å². The van der Waals surface area contributed by atoms with Gasteiger partial charge in [0.2, 0.25) is 5.88 Å². The maximum atomic E-state index is 13.2. The number of benzene rings is 1. The van der Waals surface area contributed by atoms with E-state index in [1.807, 2.05) is 32.0 Å². The Morgan fingerprint density at radius 2 is 1.97 bits per heavy atom. The lowest BCUT2D eigenvalue weighted by Gasteiger charge is -2.16. The summed E-state index contributed by atoms with van der Waals surface area (Å²) in [5.41, 5.74) is 5.93. The summed E-state index contributed by atoms with van der Waals surface area (Å²) in [7, 11) is -2.52. The molecule has 31 heavy (non-hydrogen) atoms. The predicted molar refractivity (Wildman–Crippen MR) is 127 cm³/mol. The van der Waals surface area contributed by atoms with E-state index >= 15 is 0 Å². The lowest BCUT2D eigenvalue weighted by Crippen LogP contribution is -2.16. The number of sulfonamides is 1. The van der Waals surface area contributed by atoms with Gasteiger partial charge >= 0.3 is 0 Å². The van der Waals surface area contributed by atoms with Crippen LogP contribution in [0.1, 0.15) is 33.6 Å². The van der Waals surface area contributed by atoms with Gasteiger partial charge in [-0.25, -0.2) is 13.4 Å². The Bertz CT molecular complexity index is 1240. The van der Waals surface area contributed by atoms with E-state index in [1.54, 1.807) is 17.5 Å². The molecule has 8 heteroatoms. The summed E-state index contributed by atoms with van der Waals surface area (Å²) in [6.07, 6.45) is 4.88. The number of nitrogens with one attached hydrogen (secondary N) is 2. The number of pyridine rings is 1. The molecule has 0 radical (unpaired) electrons. The Morgan fingerprint density at radius 1 is 1.23 bits per heavy atom. The predicted octanol–water partition coefficient (Wildman–Crippen LogP) is 5.14. The van der Waals surface area contributed by atoms with E-state index in [4.69, 9.17) is 4.74 Å². The van der Waals surface area contributed by atoms with Crippen LogP contribution in [0, 0.1) is 13.8 Å². The summed E-state index contributed by atoms with van der Waals surface area (Å²) in [5.74, 6) is 0.0336. The number of anilines is 2. The van der Waals surface area contributed by atoms with Gasteiger partial charge in [0.25, 0.3) is 10.0 Å². The highest BCUT2D eigenvalue weighted by molar-refractivity contribution is 7.92. The van der Waals surface area contributed by atoms with Gasteiger partial charge in [0.05, 0.1) is 24.7 Å². The molecule has 1 aliphatic carbocycles. The zero-order chi connectivity index (χ0) is 22.2. The maximum absolute atomic E-state index is 13.2. The Kier molecular flexibility index (Phi) is 5.77. The van der Waals surface area contributed by atoms with Gasteiger partial charge in [-0.1, -0.05) is 24.8 Å². The number of hydrogen-bond acceptors (Lipinski definition) is 6. The van der Waals surface area contributed by atoms with Gasteiger partial charge in [-0.3, -0.25) is 4.72 Å². The van der Waals surface area contributed by atoms with Crippen LogP contribution in [0.25, 0.3) is 5.70 Å². The van der Waals surface area contributed by atoms with E-state index in [0.717, 1.165) is 35.2 Å².